The molecule has 1 N–H and O–H groups in total. The van der Waals surface area contributed by atoms with Crippen molar-refractivity contribution in [2.75, 3.05) is 18.1 Å². The number of Topliss-reactive ketones (excluding diaryl/α,β-unsaturated/α-hetero) is 1. The minimum Gasteiger partial charge on any atom is -0.507 e. The van der Waals surface area contributed by atoms with E-state index >= 15 is 0 Å². The van der Waals surface area contributed by atoms with Crippen LogP contribution in [-0.4, -0.2) is 36.0 Å². The van der Waals surface area contributed by atoms with Crippen molar-refractivity contribution in [2.24, 2.45) is 0 Å². The van der Waals surface area contributed by atoms with Crippen LogP contribution in [0, 0.1) is 6.92 Å². The average molecular weight is 534 g/mol. The van der Waals surface area contributed by atoms with Crippen LogP contribution in [0.5, 0.6) is 5.75 Å². The maximum Gasteiger partial charge on any atom is 0.310 e. The Hall–Kier alpha value is -4.10. The van der Waals surface area contributed by atoms with Crippen molar-refractivity contribution in [3.63, 3.8) is 0 Å². The molecule has 7 nitrogen and oxygen atoms in total. The average Bonchev–Trinajstić information content (AvgIpc) is 3.16. The van der Waals surface area contributed by atoms with Crippen LogP contribution in [0.4, 0.5) is 5.69 Å². The zero-order valence-corrected chi connectivity index (χ0v) is 22.1. The fourth-order valence-corrected chi connectivity index (χ4v) is 4.70. The molecule has 1 amide bonds. The minimum atomic E-state index is -0.905. The summed E-state index contributed by atoms with van der Waals surface area (Å²) in [5.74, 6) is -1.89. The Kier molecular flexibility index (Phi) is 8.17. The van der Waals surface area contributed by atoms with E-state index in [0.29, 0.717) is 29.2 Å². The summed E-state index contributed by atoms with van der Waals surface area (Å²) in [6, 6.07) is 18.0. The van der Waals surface area contributed by atoms with E-state index in [1.807, 2.05) is 32.0 Å². The van der Waals surface area contributed by atoms with Gasteiger partial charge in [-0.25, -0.2) is 0 Å². The van der Waals surface area contributed by atoms with Crippen molar-refractivity contribution in [2.45, 2.75) is 33.2 Å². The van der Waals surface area contributed by atoms with Crippen LogP contribution in [0.3, 0.4) is 0 Å². The van der Waals surface area contributed by atoms with Gasteiger partial charge in [-0.05, 0) is 62.2 Å². The highest BCUT2D eigenvalue weighted by Crippen LogP contribution is 2.43. The van der Waals surface area contributed by atoms with Gasteiger partial charge < -0.3 is 14.6 Å². The van der Waals surface area contributed by atoms with E-state index in [2.05, 4.69) is 0 Å². The second kappa shape index (κ2) is 11.5. The van der Waals surface area contributed by atoms with Crippen LogP contribution in [0.15, 0.2) is 72.3 Å². The lowest BCUT2D eigenvalue weighted by Gasteiger charge is -2.26. The number of anilines is 1. The van der Waals surface area contributed by atoms with Crippen molar-refractivity contribution >= 4 is 40.7 Å². The molecular formula is C30H28ClNO6. The summed E-state index contributed by atoms with van der Waals surface area (Å²) in [4.78, 5) is 40.1. The van der Waals surface area contributed by atoms with Crippen LogP contribution in [0.1, 0.15) is 42.1 Å². The Morgan fingerprint density at radius 1 is 1.00 bits per heavy atom. The molecule has 1 aliphatic heterocycles. The second-order valence-electron chi connectivity index (χ2n) is 8.81. The van der Waals surface area contributed by atoms with Crippen molar-refractivity contribution in [1.82, 2.24) is 0 Å². The molecule has 38 heavy (non-hydrogen) atoms. The monoisotopic (exact) mass is 533 g/mol. The molecule has 0 aliphatic carbocycles. The molecule has 1 heterocycles. The summed E-state index contributed by atoms with van der Waals surface area (Å²) < 4.78 is 10.6. The van der Waals surface area contributed by atoms with Gasteiger partial charge in [0.15, 0.2) is 0 Å². The smallest absolute Gasteiger partial charge is 0.310 e. The number of ketones is 1. The summed E-state index contributed by atoms with van der Waals surface area (Å²) in [6.07, 6.45) is 0.0862. The zero-order chi connectivity index (χ0) is 27.4. The topological polar surface area (TPSA) is 93.1 Å². The molecule has 8 heteroatoms. The number of aliphatic hydroxyl groups is 1. The van der Waals surface area contributed by atoms with Crippen molar-refractivity contribution in [1.29, 1.82) is 0 Å². The summed E-state index contributed by atoms with van der Waals surface area (Å²) >= 11 is 6.41. The molecule has 1 saturated heterocycles. The molecule has 3 aromatic rings. The molecule has 1 aliphatic rings. The number of nitrogens with zero attached hydrogens (tertiary/aromatic N) is 1. The third-order valence-corrected chi connectivity index (χ3v) is 6.50. The molecule has 0 radical (unpaired) electrons. The first-order chi connectivity index (χ1) is 18.2. The fourth-order valence-electron chi connectivity index (χ4n) is 4.49. The van der Waals surface area contributed by atoms with Crippen LogP contribution < -0.4 is 9.64 Å². The number of rotatable bonds is 8. The highest BCUT2D eigenvalue weighted by Gasteiger charge is 2.47. The maximum atomic E-state index is 13.4. The number of aryl methyl sites for hydroxylation is 1. The molecule has 1 unspecified atom stereocenters. The van der Waals surface area contributed by atoms with E-state index in [9.17, 15) is 19.5 Å². The molecule has 0 spiro atoms. The number of amides is 1. The normalized spacial score (nSPS) is 16.5. The van der Waals surface area contributed by atoms with Crippen molar-refractivity contribution < 1.29 is 29.0 Å². The standard InChI is InChI=1S/C30H28ClNO6/c1-4-37-22-13-14-24(31)23(17-22)28(34)26-27(20-8-6-7-18(3)15-20)32(30(36)29(26)35)21-11-9-19(10-12-21)16-25(33)38-5-2/h6-15,17,27,34H,4-5,16H2,1-3H3/b28-26+. The highest BCUT2D eigenvalue weighted by atomic mass is 35.5. The van der Waals surface area contributed by atoms with E-state index < -0.39 is 17.7 Å². The molecule has 0 saturated carbocycles. The maximum absolute atomic E-state index is 13.4. The molecule has 3 aromatic carbocycles. The van der Waals surface area contributed by atoms with Crippen LogP contribution >= 0.6 is 11.6 Å². The first kappa shape index (κ1) is 26.9. The molecule has 196 valence electrons. The summed E-state index contributed by atoms with van der Waals surface area (Å²) in [7, 11) is 0. The Morgan fingerprint density at radius 2 is 1.74 bits per heavy atom. The predicted molar refractivity (Wildman–Crippen MR) is 145 cm³/mol. The molecule has 0 aromatic heterocycles. The number of carbonyl (C=O) groups excluding carboxylic acids is 3. The van der Waals surface area contributed by atoms with Crippen LogP contribution in [0.25, 0.3) is 5.76 Å². The molecule has 1 fully saturated rings. The first-order valence-corrected chi connectivity index (χ1v) is 12.7. The molecule has 0 bridgehead atoms. The lowest BCUT2D eigenvalue weighted by Crippen LogP contribution is -2.29. The number of benzene rings is 3. The van der Waals surface area contributed by atoms with E-state index in [0.717, 1.165) is 5.56 Å². The van der Waals surface area contributed by atoms with E-state index in [-0.39, 0.29) is 40.9 Å². The summed E-state index contributed by atoms with van der Waals surface area (Å²) in [6.45, 7) is 6.16. The van der Waals surface area contributed by atoms with Crippen molar-refractivity contribution in [3.8, 4) is 5.75 Å². The molecular weight excluding hydrogens is 506 g/mol. The SMILES string of the molecule is CCOC(=O)Cc1ccc(N2C(=O)C(=O)/C(=C(/O)c3cc(OCC)ccc3Cl)C2c2cccc(C)c2)cc1. The number of hydrogen-bond acceptors (Lipinski definition) is 6. The van der Waals surface area contributed by atoms with Gasteiger partial charge >= 0.3 is 5.97 Å². The van der Waals surface area contributed by atoms with Gasteiger partial charge in [-0.2, -0.15) is 0 Å². The van der Waals surface area contributed by atoms with E-state index in [1.165, 1.54) is 4.90 Å². The lowest BCUT2D eigenvalue weighted by molar-refractivity contribution is -0.142. The number of ether oxygens (including phenoxy) is 2. The Labute approximate surface area is 226 Å². The van der Waals surface area contributed by atoms with Crippen LogP contribution in [-0.2, 0) is 25.5 Å². The predicted octanol–water partition coefficient (Wildman–Crippen LogP) is 5.78. The third kappa shape index (κ3) is 5.43. The van der Waals surface area contributed by atoms with E-state index in [4.69, 9.17) is 21.1 Å². The second-order valence-corrected chi connectivity index (χ2v) is 9.21. The Morgan fingerprint density at radius 3 is 2.39 bits per heavy atom. The number of esters is 1. The quantitative estimate of drug-likeness (QED) is 0.171. The number of aliphatic hydroxyl groups excluding tert-OH is 1. The lowest BCUT2D eigenvalue weighted by atomic mass is 9.94. The van der Waals surface area contributed by atoms with Gasteiger partial charge in [-0.3, -0.25) is 19.3 Å². The summed E-state index contributed by atoms with van der Waals surface area (Å²) in [5, 5.41) is 11.6. The van der Waals surface area contributed by atoms with Gasteiger partial charge in [0.25, 0.3) is 11.7 Å². The number of carbonyl (C=O) groups is 3. The van der Waals surface area contributed by atoms with Crippen molar-refractivity contribution in [3.05, 3.63) is 99.6 Å². The Bertz CT molecular complexity index is 1410. The Balaban J connectivity index is 1.84. The third-order valence-electron chi connectivity index (χ3n) is 6.17. The van der Waals surface area contributed by atoms with Gasteiger partial charge in [-0.1, -0.05) is 53.6 Å². The first-order valence-electron chi connectivity index (χ1n) is 12.3. The molecule has 4 rings (SSSR count). The minimum absolute atomic E-state index is 0.0771. The summed E-state index contributed by atoms with van der Waals surface area (Å²) in [5.41, 5.74) is 2.84. The largest absolute Gasteiger partial charge is 0.507 e. The van der Waals surface area contributed by atoms with Gasteiger partial charge in [0.1, 0.15) is 11.5 Å². The number of hydrogen-bond donors (Lipinski definition) is 1. The van der Waals surface area contributed by atoms with Gasteiger partial charge in [-0.15, -0.1) is 0 Å². The van der Waals surface area contributed by atoms with Crippen LogP contribution in [0.2, 0.25) is 5.02 Å². The number of halogens is 1. The van der Waals surface area contributed by atoms with E-state index in [1.54, 1.807) is 55.5 Å². The highest BCUT2D eigenvalue weighted by molar-refractivity contribution is 6.52. The van der Waals surface area contributed by atoms with Gasteiger partial charge in [0.05, 0.1) is 36.3 Å². The fraction of sp³-hybridized carbons (Fsp3) is 0.233. The van der Waals surface area contributed by atoms with Gasteiger partial charge in [0, 0.05) is 11.3 Å². The molecule has 1 atom stereocenters. The zero-order valence-electron chi connectivity index (χ0n) is 21.4. The van der Waals surface area contributed by atoms with Gasteiger partial charge in [0.2, 0.25) is 0 Å².